The number of likely N-dealkylation sites (tertiary alicyclic amines) is 1. The topological polar surface area (TPSA) is 76.1 Å². The van der Waals surface area contributed by atoms with Crippen LogP contribution in [0.2, 0.25) is 0 Å². The first-order chi connectivity index (χ1) is 17.7. The van der Waals surface area contributed by atoms with Gasteiger partial charge >= 0.3 is 0 Å². The van der Waals surface area contributed by atoms with Crippen molar-refractivity contribution in [3.05, 3.63) is 70.3 Å². The Morgan fingerprint density at radius 1 is 0.974 bits per heavy atom. The molecule has 1 saturated heterocycles. The molecular formula is C32H43NO5. The highest BCUT2D eigenvalue weighted by molar-refractivity contribution is 6.46. The number of benzene rings is 2. The van der Waals surface area contributed by atoms with E-state index in [-0.39, 0.29) is 28.3 Å². The SMILES string of the molecule is COc1ccc(/C(O)=C2/C(=O)C(=O)N(CCCOC(C)C)C2c2ccc(C(C)(C)C)cc2)cc1C(C)(C)C. The fraction of sp³-hybridized carbons (Fsp3) is 0.500. The van der Waals surface area contributed by atoms with E-state index in [1.165, 1.54) is 0 Å². The minimum Gasteiger partial charge on any atom is -0.507 e. The van der Waals surface area contributed by atoms with Crippen LogP contribution in [-0.2, 0) is 25.2 Å². The van der Waals surface area contributed by atoms with Gasteiger partial charge in [0.25, 0.3) is 11.7 Å². The summed E-state index contributed by atoms with van der Waals surface area (Å²) in [6.07, 6.45) is 0.664. The van der Waals surface area contributed by atoms with Crippen molar-refractivity contribution in [2.24, 2.45) is 0 Å². The van der Waals surface area contributed by atoms with Gasteiger partial charge in [-0.1, -0.05) is 65.8 Å². The molecule has 0 saturated carbocycles. The molecule has 6 heteroatoms. The molecule has 2 aromatic carbocycles. The summed E-state index contributed by atoms with van der Waals surface area (Å²) < 4.78 is 11.2. The molecule has 1 heterocycles. The Morgan fingerprint density at radius 2 is 1.61 bits per heavy atom. The predicted molar refractivity (Wildman–Crippen MR) is 152 cm³/mol. The average Bonchev–Trinajstić information content (AvgIpc) is 3.09. The normalized spacial score (nSPS) is 17.9. The summed E-state index contributed by atoms with van der Waals surface area (Å²) in [6, 6.07) is 12.6. The number of aliphatic hydroxyl groups excluding tert-OH is 1. The first kappa shape index (κ1) is 29.4. The van der Waals surface area contributed by atoms with Gasteiger partial charge in [-0.15, -0.1) is 0 Å². The second-order valence-corrected chi connectivity index (χ2v) is 12.3. The Labute approximate surface area is 227 Å². The highest BCUT2D eigenvalue weighted by atomic mass is 16.5. The molecule has 1 aliphatic rings. The van der Waals surface area contributed by atoms with Gasteiger partial charge in [-0.05, 0) is 60.4 Å². The smallest absolute Gasteiger partial charge is 0.295 e. The minimum atomic E-state index is -0.691. The van der Waals surface area contributed by atoms with E-state index in [1.54, 1.807) is 24.1 Å². The molecule has 1 N–H and O–H groups in total. The van der Waals surface area contributed by atoms with Crippen molar-refractivity contribution in [3.8, 4) is 5.75 Å². The molecule has 38 heavy (non-hydrogen) atoms. The third-order valence-electron chi connectivity index (χ3n) is 6.91. The van der Waals surface area contributed by atoms with Crippen molar-refractivity contribution >= 4 is 17.4 Å². The van der Waals surface area contributed by atoms with Gasteiger partial charge in [-0.3, -0.25) is 9.59 Å². The summed E-state index contributed by atoms with van der Waals surface area (Å²) >= 11 is 0. The first-order valence-electron chi connectivity index (χ1n) is 13.4. The second kappa shape index (κ2) is 11.3. The third-order valence-corrected chi connectivity index (χ3v) is 6.91. The number of aliphatic hydroxyl groups is 1. The number of methoxy groups -OCH3 is 1. The summed E-state index contributed by atoms with van der Waals surface area (Å²) in [5.41, 5.74) is 3.12. The summed E-state index contributed by atoms with van der Waals surface area (Å²) in [5, 5.41) is 11.6. The third kappa shape index (κ3) is 6.29. The van der Waals surface area contributed by atoms with Gasteiger partial charge in [-0.2, -0.15) is 0 Å². The van der Waals surface area contributed by atoms with Crippen LogP contribution in [0.5, 0.6) is 5.75 Å². The van der Waals surface area contributed by atoms with Crippen molar-refractivity contribution in [3.63, 3.8) is 0 Å². The van der Waals surface area contributed by atoms with Crippen molar-refractivity contribution in [1.82, 2.24) is 4.90 Å². The Kier molecular flexibility index (Phi) is 8.77. The van der Waals surface area contributed by atoms with Gasteiger partial charge < -0.3 is 19.5 Å². The molecule has 1 unspecified atom stereocenters. The molecule has 3 rings (SSSR count). The maximum atomic E-state index is 13.4. The highest BCUT2D eigenvalue weighted by Gasteiger charge is 2.46. The number of hydrogen-bond donors (Lipinski definition) is 1. The monoisotopic (exact) mass is 521 g/mol. The molecule has 1 amide bonds. The summed E-state index contributed by atoms with van der Waals surface area (Å²) in [7, 11) is 1.61. The maximum Gasteiger partial charge on any atom is 0.295 e. The summed E-state index contributed by atoms with van der Waals surface area (Å²) in [5.74, 6) is -0.757. The van der Waals surface area contributed by atoms with E-state index in [0.29, 0.717) is 30.9 Å². The van der Waals surface area contributed by atoms with Crippen molar-refractivity contribution in [2.75, 3.05) is 20.3 Å². The van der Waals surface area contributed by atoms with Crippen LogP contribution in [0.25, 0.3) is 5.76 Å². The lowest BCUT2D eigenvalue weighted by Crippen LogP contribution is -2.31. The second-order valence-electron chi connectivity index (χ2n) is 12.3. The van der Waals surface area contributed by atoms with Crippen molar-refractivity contribution in [2.45, 2.75) is 84.8 Å². The molecule has 0 bridgehead atoms. The number of ether oxygens (including phenoxy) is 2. The van der Waals surface area contributed by atoms with Crippen LogP contribution < -0.4 is 4.74 Å². The van der Waals surface area contributed by atoms with E-state index in [4.69, 9.17) is 9.47 Å². The van der Waals surface area contributed by atoms with Gasteiger partial charge in [0, 0.05) is 24.3 Å². The van der Waals surface area contributed by atoms with Crippen LogP contribution in [0, 0.1) is 0 Å². The summed E-state index contributed by atoms with van der Waals surface area (Å²) in [4.78, 5) is 28.3. The van der Waals surface area contributed by atoms with Gasteiger partial charge in [0.2, 0.25) is 0 Å². The van der Waals surface area contributed by atoms with E-state index in [9.17, 15) is 14.7 Å². The van der Waals surface area contributed by atoms with Crippen LogP contribution in [-0.4, -0.2) is 48.1 Å². The minimum absolute atomic E-state index is 0.0407. The fourth-order valence-electron chi connectivity index (χ4n) is 4.77. The number of nitrogens with zero attached hydrogens (tertiary/aromatic N) is 1. The Morgan fingerprint density at radius 3 is 2.13 bits per heavy atom. The largest absolute Gasteiger partial charge is 0.507 e. The molecule has 1 atom stereocenters. The van der Waals surface area contributed by atoms with E-state index in [2.05, 4.69) is 41.5 Å². The Balaban J connectivity index is 2.14. The van der Waals surface area contributed by atoms with E-state index < -0.39 is 17.7 Å². The average molecular weight is 522 g/mol. The number of Topliss-reactive ketones (excluding diaryl/α,β-unsaturated/α-hetero) is 1. The number of ketones is 1. The van der Waals surface area contributed by atoms with Crippen LogP contribution in [0.1, 0.15) is 90.1 Å². The van der Waals surface area contributed by atoms with Crippen LogP contribution in [0.4, 0.5) is 0 Å². The van der Waals surface area contributed by atoms with Gasteiger partial charge in [-0.25, -0.2) is 0 Å². The summed E-state index contributed by atoms with van der Waals surface area (Å²) in [6.45, 7) is 17.3. The lowest BCUT2D eigenvalue weighted by molar-refractivity contribution is -0.140. The molecule has 0 aromatic heterocycles. The maximum absolute atomic E-state index is 13.4. The number of hydrogen-bond acceptors (Lipinski definition) is 5. The molecule has 2 aromatic rings. The molecule has 0 radical (unpaired) electrons. The zero-order valence-electron chi connectivity index (χ0n) is 24.3. The number of carbonyl (C=O) groups excluding carboxylic acids is 2. The molecule has 6 nitrogen and oxygen atoms in total. The Hall–Kier alpha value is -3.12. The molecule has 1 aliphatic heterocycles. The fourth-order valence-corrected chi connectivity index (χ4v) is 4.77. The zero-order valence-corrected chi connectivity index (χ0v) is 24.3. The van der Waals surface area contributed by atoms with Gasteiger partial charge in [0.1, 0.15) is 11.5 Å². The molecular weight excluding hydrogens is 478 g/mol. The van der Waals surface area contributed by atoms with Gasteiger partial charge in [0.15, 0.2) is 0 Å². The quantitative estimate of drug-likeness (QED) is 0.185. The van der Waals surface area contributed by atoms with Gasteiger partial charge in [0.05, 0.1) is 24.8 Å². The Bertz CT molecular complexity index is 1200. The predicted octanol–water partition coefficient (Wildman–Crippen LogP) is 6.53. The van der Waals surface area contributed by atoms with E-state index in [0.717, 1.165) is 16.7 Å². The first-order valence-corrected chi connectivity index (χ1v) is 13.4. The van der Waals surface area contributed by atoms with Crippen LogP contribution >= 0.6 is 0 Å². The lowest BCUT2D eigenvalue weighted by atomic mass is 9.84. The molecule has 1 fully saturated rings. The number of amides is 1. The lowest BCUT2D eigenvalue weighted by Gasteiger charge is -2.27. The van der Waals surface area contributed by atoms with Crippen LogP contribution in [0.3, 0.4) is 0 Å². The van der Waals surface area contributed by atoms with E-state index >= 15 is 0 Å². The van der Waals surface area contributed by atoms with E-state index in [1.807, 2.05) is 44.2 Å². The molecule has 0 spiro atoms. The molecule has 206 valence electrons. The highest BCUT2D eigenvalue weighted by Crippen LogP contribution is 2.41. The standard InChI is InChI=1S/C32H43NO5/c1-20(2)38-18-10-17-33-27(21-11-14-23(15-12-21)31(3,4)5)26(29(35)30(33)36)28(34)22-13-16-25(37-9)24(19-22)32(6,7)8/h11-16,19-20,27,34H,10,17-18H2,1-9H3/b28-26-. The number of rotatable bonds is 8. The number of carbonyl (C=O) groups is 2. The van der Waals surface area contributed by atoms with Crippen molar-refractivity contribution in [1.29, 1.82) is 0 Å². The van der Waals surface area contributed by atoms with Crippen LogP contribution in [0.15, 0.2) is 48.0 Å². The zero-order chi connectivity index (χ0) is 28.4. The van der Waals surface area contributed by atoms with Crippen molar-refractivity contribution < 1.29 is 24.2 Å². The molecule has 0 aliphatic carbocycles.